The molecule has 17 heavy (non-hydrogen) atoms. The van der Waals surface area contributed by atoms with Crippen LogP contribution in [0.2, 0.25) is 0 Å². The molecular weight excluding hydrogens is 210 g/mol. The number of rotatable bonds is 2. The summed E-state index contributed by atoms with van der Waals surface area (Å²) in [5.41, 5.74) is 1.44. The highest BCUT2D eigenvalue weighted by Gasteiger charge is 2.35. The van der Waals surface area contributed by atoms with Gasteiger partial charge in [-0.2, -0.15) is 0 Å². The number of nitrogens with one attached hydrogen (secondary N) is 1. The number of hydrogen-bond acceptors (Lipinski definition) is 2. The molecule has 0 saturated carbocycles. The molecule has 2 fully saturated rings. The first-order valence-electron chi connectivity index (χ1n) is 6.81. The van der Waals surface area contributed by atoms with Crippen molar-refractivity contribution in [3.05, 3.63) is 35.9 Å². The lowest BCUT2D eigenvalue weighted by Gasteiger charge is -2.31. The Labute approximate surface area is 103 Å². The van der Waals surface area contributed by atoms with E-state index in [1.165, 1.54) is 24.8 Å². The third-order valence-electron chi connectivity index (χ3n) is 4.23. The zero-order valence-electron chi connectivity index (χ0n) is 10.3. The van der Waals surface area contributed by atoms with Gasteiger partial charge in [0.2, 0.25) is 0 Å². The summed E-state index contributed by atoms with van der Waals surface area (Å²) in [5.74, 6) is 1.52. The summed E-state index contributed by atoms with van der Waals surface area (Å²) in [4.78, 5) is 0. The topological polar surface area (TPSA) is 21.3 Å². The van der Waals surface area contributed by atoms with Crippen LogP contribution in [0.3, 0.4) is 0 Å². The Hall–Kier alpha value is -0.860. The minimum absolute atomic E-state index is 0.544. The summed E-state index contributed by atoms with van der Waals surface area (Å²) in [6.07, 6.45) is 3.88. The molecule has 92 valence electrons. The fourth-order valence-electron chi connectivity index (χ4n) is 3.36. The molecule has 3 rings (SSSR count). The molecule has 1 N–H and O–H groups in total. The van der Waals surface area contributed by atoms with E-state index in [1.807, 2.05) is 0 Å². The van der Waals surface area contributed by atoms with E-state index in [-0.39, 0.29) is 0 Å². The second-order valence-electron chi connectivity index (χ2n) is 5.27. The predicted octanol–water partition coefficient (Wildman–Crippen LogP) is 2.76. The maximum Gasteiger partial charge on any atom is 0.0497 e. The first kappa shape index (κ1) is 11.2. The van der Waals surface area contributed by atoms with Gasteiger partial charge in [-0.15, -0.1) is 0 Å². The van der Waals surface area contributed by atoms with Crippen molar-refractivity contribution < 1.29 is 4.74 Å². The van der Waals surface area contributed by atoms with E-state index in [4.69, 9.17) is 4.74 Å². The van der Waals surface area contributed by atoms with Crippen LogP contribution in [-0.4, -0.2) is 19.8 Å². The number of benzene rings is 1. The first-order valence-corrected chi connectivity index (χ1v) is 6.81. The van der Waals surface area contributed by atoms with Gasteiger partial charge in [-0.05, 0) is 43.2 Å². The summed E-state index contributed by atoms with van der Waals surface area (Å²) in [6, 6.07) is 11.4. The molecule has 1 aromatic carbocycles. The average Bonchev–Trinajstić information content (AvgIpc) is 2.90. The molecular formula is C15H21NO. The lowest BCUT2D eigenvalue weighted by Crippen LogP contribution is -2.29. The number of hydrogen-bond donors (Lipinski definition) is 1. The van der Waals surface area contributed by atoms with Gasteiger partial charge in [0.25, 0.3) is 0 Å². The van der Waals surface area contributed by atoms with E-state index in [1.54, 1.807) is 0 Å². The fourth-order valence-corrected chi connectivity index (χ4v) is 3.36. The molecule has 3 unspecified atom stereocenters. The van der Waals surface area contributed by atoms with Gasteiger partial charge in [-0.1, -0.05) is 30.3 Å². The van der Waals surface area contributed by atoms with E-state index in [2.05, 4.69) is 35.6 Å². The van der Waals surface area contributed by atoms with Crippen molar-refractivity contribution in [3.63, 3.8) is 0 Å². The van der Waals surface area contributed by atoms with Crippen LogP contribution >= 0.6 is 0 Å². The summed E-state index contributed by atoms with van der Waals surface area (Å²) >= 11 is 0. The molecule has 0 bridgehead atoms. The van der Waals surface area contributed by atoms with Gasteiger partial charge < -0.3 is 10.1 Å². The summed E-state index contributed by atoms with van der Waals surface area (Å²) < 4.78 is 5.65. The molecule has 0 amide bonds. The van der Waals surface area contributed by atoms with Gasteiger partial charge in [0.15, 0.2) is 0 Å². The van der Waals surface area contributed by atoms with Gasteiger partial charge in [0.1, 0.15) is 0 Å². The quantitative estimate of drug-likeness (QED) is 0.845. The van der Waals surface area contributed by atoms with E-state index in [0.29, 0.717) is 6.04 Å². The van der Waals surface area contributed by atoms with Gasteiger partial charge in [-0.25, -0.2) is 0 Å². The Kier molecular flexibility index (Phi) is 3.44. The van der Waals surface area contributed by atoms with Gasteiger partial charge in [-0.3, -0.25) is 0 Å². The number of ether oxygens (including phenoxy) is 1. The Morgan fingerprint density at radius 3 is 2.76 bits per heavy atom. The van der Waals surface area contributed by atoms with Crippen LogP contribution < -0.4 is 5.32 Å². The Morgan fingerprint density at radius 2 is 2.00 bits per heavy atom. The molecule has 1 aromatic rings. The molecule has 2 saturated heterocycles. The van der Waals surface area contributed by atoms with Crippen molar-refractivity contribution in [1.29, 1.82) is 0 Å². The highest BCUT2D eigenvalue weighted by atomic mass is 16.5. The molecule has 0 radical (unpaired) electrons. The second-order valence-corrected chi connectivity index (χ2v) is 5.27. The summed E-state index contributed by atoms with van der Waals surface area (Å²) in [6.45, 7) is 3.09. The fraction of sp³-hybridized carbons (Fsp3) is 0.600. The maximum absolute atomic E-state index is 5.65. The van der Waals surface area contributed by atoms with Crippen molar-refractivity contribution in [2.24, 2.45) is 11.8 Å². The van der Waals surface area contributed by atoms with Crippen LogP contribution in [0, 0.1) is 11.8 Å². The third-order valence-corrected chi connectivity index (χ3v) is 4.23. The molecule has 0 aliphatic carbocycles. The van der Waals surface area contributed by atoms with Crippen LogP contribution in [0.25, 0.3) is 0 Å². The maximum atomic E-state index is 5.65. The average molecular weight is 231 g/mol. The Balaban J connectivity index is 1.75. The SMILES string of the molecule is c1ccc(C2NCCC2C2CCCOC2)cc1. The van der Waals surface area contributed by atoms with Crippen LogP contribution in [0.1, 0.15) is 30.9 Å². The minimum atomic E-state index is 0.544. The van der Waals surface area contributed by atoms with Crippen LogP contribution in [0.4, 0.5) is 0 Å². The van der Waals surface area contributed by atoms with Gasteiger partial charge in [0, 0.05) is 19.3 Å². The van der Waals surface area contributed by atoms with Crippen LogP contribution in [-0.2, 0) is 4.74 Å². The van der Waals surface area contributed by atoms with Crippen molar-refractivity contribution in [3.8, 4) is 0 Å². The largest absolute Gasteiger partial charge is 0.381 e. The zero-order valence-corrected chi connectivity index (χ0v) is 10.3. The van der Waals surface area contributed by atoms with Gasteiger partial charge in [0.05, 0.1) is 0 Å². The normalized spacial score (nSPS) is 33.8. The summed E-state index contributed by atoms with van der Waals surface area (Å²) in [5, 5.41) is 3.66. The van der Waals surface area contributed by atoms with Crippen LogP contribution in [0.5, 0.6) is 0 Å². The molecule has 2 aliphatic rings. The first-order chi connectivity index (χ1) is 8.45. The van der Waals surface area contributed by atoms with E-state index < -0.39 is 0 Å². The van der Waals surface area contributed by atoms with Crippen molar-refractivity contribution >= 4 is 0 Å². The molecule has 0 spiro atoms. The monoisotopic (exact) mass is 231 g/mol. The predicted molar refractivity (Wildman–Crippen MR) is 68.8 cm³/mol. The van der Waals surface area contributed by atoms with E-state index in [9.17, 15) is 0 Å². The van der Waals surface area contributed by atoms with Crippen molar-refractivity contribution in [2.45, 2.75) is 25.3 Å². The van der Waals surface area contributed by atoms with E-state index >= 15 is 0 Å². The molecule has 2 aliphatic heterocycles. The molecule has 2 nitrogen and oxygen atoms in total. The smallest absolute Gasteiger partial charge is 0.0497 e. The highest BCUT2D eigenvalue weighted by Crippen LogP contribution is 2.38. The highest BCUT2D eigenvalue weighted by molar-refractivity contribution is 5.21. The molecule has 2 heteroatoms. The third kappa shape index (κ3) is 2.38. The minimum Gasteiger partial charge on any atom is -0.381 e. The van der Waals surface area contributed by atoms with Gasteiger partial charge >= 0.3 is 0 Å². The Bertz CT molecular complexity index is 345. The zero-order chi connectivity index (χ0) is 11.5. The Morgan fingerprint density at radius 1 is 1.12 bits per heavy atom. The van der Waals surface area contributed by atoms with E-state index in [0.717, 1.165) is 31.6 Å². The lowest BCUT2D eigenvalue weighted by atomic mass is 9.80. The van der Waals surface area contributed by atoms with Crippen molar-refractivity contribution in [1.82, 2.24) is 5.32 Å². The van der Waals surface area contributed by atoms with Crippen molar-refractivity contribution in [2.75, 3.05) is 19.8 Å². The summed E-state index contributed by atoms with van der Waals surface area (Å²) in [7, 11) is 0. The second kappa shape index (κ2) is 5.19. The molecule has 0 aromatic heterocycles. The molecule has 2 heterocycles. The standard InChI is InChI=1S/C15H21NO/c1-2-5-12(6-3-1)15-14(8-9-16-15)13-7-4-10-17-11-13/h1-3,5-6,13-16H,4,7-11H2. The van der Waals surface area contributed by atoms with Crippen LogP contribution in [0.15, 0.2) is 30.3 Å². The molecule has 3 atom stereocenters. The lowest BCUT2D eigenvalue weighted by molar-refractivity contribution is 0.0277.